The molecule has 0 radical (unpaired) electrons. The second-order valence-corrected chi connectivity index (χ2v) is 16.3. The minimum atomic E-state index is -1.02. The highest BCUT2D eigenvalue weighted by Gasteiger charge is 2.24. The molecule has 12 nitrogen and oxygen atoms in total. The molecular weight excluding hydrogens is 763 g/mol. The van der Waals surface area contributed by atoms with Crippen LogP contribution in [0.4, 0.5) is 0 Å². The van der Waals surface area contributed by atoms with Gasteiger partial charge in [0.25, 0.3) is 0 Å². The normalized spacial score (nSPS) is 15.8. The molecule has 0 rings (SSSR count). The van der Waals surface area contributed by atoms with E-state index < -0.39 is 42.3 Å². The van der Waals surface area contributed by atoms with E-state index in [4.69, 9.17) is 14.2 Å². The van der Waals surface area contributed by atoms with Crippen molar-refractivity contribution in [3.05, 3.63) is 36.5 Å². The Morgan fingerprint density at radius 2 is 0.767 bits per heavy atom. The summed E-state index contributed by atoms with van der Waals surface area (Å²) in [5.74, 6) is -1.66. The predicted octanol–water partition coefficient (Wildman–Crippen LogP) is 7.78. The minimum absolute atomic E-state index is 0.0252. The summed E-state index contributed by atoms with van der Waals surface area (Å²) < 4.78 is 16.5. The Morgan fingerprint density at radius 1 is 0.467 bits per heavy atom. The fourth-order valence-electron chi connectivity index (χ4n) is 7.19. The lowest BCUT2D eigenvalue weighted by Crippen LogP contribution is -2.41. The number of aliphatic hydroxyl groups excluding tert-OH is 3. The lowest BCUT2D eigenvalue weighted by molar-refractivity contribution is -0.165. The minimum Gasteiger partial charge on any atom is -0.461 e. The molecule has 0 heterocycles. The SMILES string of the molecule is CCCCCC(C(O)CC=CCC(=O)OCC(COC(=O)CC=CCC(O)C(CCCCC)N(C)CC)OC(=O)CC=CCC(O)C(CCCCC)N(C)CC)N(C)CC. The van der Waals surface area contributed by atoms with E-state index >= 15 is 0 Å². The molecule has 12 heteroatoms. The van der Waals surface area contributed by atoms with Gasteiger partial charge in [-0.15, -0.1) is 0 Å². The first-order valence-electron chi connectivity index (χ1n) is 23.4. The second kappa shape index (κ2) is 37.0. The molecule has 0 aromatic heterocycles. The highest BCUT2D eigenvalue weighted by atomic mass is 16.6. The fourth-order valence-corrected chi connectivity index (χ4v) is 7.19. The summed E-state index contributed by atoms with van der Waals surface area (Å²) in [4.78, 5) is 44.8. The number of aliphatic hydroxyl groups is 3. The van der Waals surface area contributed by atoms with Gasteiger partial charge in [-0.3, -0.25) is 14.4 Å². The number of rotatable bonds is 38. The molecule has 0 aliphatic heterocycles. The molecule has 0 bridgehead atoms. The Bertz CT molecular complexity index is 1120. The molecule has 0 amide bonds. The number of esters is 3. The Kier molecular flexibility index (Phi) is 35.4. The second-order valence-electron chi connectivity index (χ2n) is 16.3. The van der Waals surface area contributed by atoms with Gasteiger partial charge in [0.2, 0.25) is 0 Å². The van der Waals surface area contributed by atoms with Crippen molar-refractivity contribution in [1.82, 2.24) is 14.7 Å². The highest BCUT2D eigenvalue weighted by Crippen LogP contribution is 2.18. The summed E-state index contributed by atoms with van der Waals surface area (Å²) in [5.41, 5.74) is 0. The van der Waals surface area contributed by atoms with Gasteiger partial charge in [-0.05, 0) is 79.3 Å². The standard InChI is InChI=1S/C48H89N3O9/c1-10-16-19-28-40(49(7)13-4)43(52)31-22-25-34-46(55)58-37-39(60-48(57)36-27-24-33-45(54)42(51(9)15-6)30-21-18-12-3)38-59-47(56)35-26-23-32-44(53)41(50(8)14-5)29-20-17-11-2/h22-27,39-45,52-54H,10-21,28-38H2,1-9H3. The van der Waals surface area contributed by atoms with Crippen molar-refractivity contribution in [2.45, 2.75) is 200 Å². The molecule has 0 spiro atoms. The number of hydrogen-bond acceptors (Lipinski definition) is 12. The quantitative estimate of drug-likeness (QED) is 0.0241. The Labute approximate surface area is 365 Å². The molecule has 60 heavy (non-hydrogen) atoms. The van der Waals surface area contributed by atoms with Crippen LogP contribution in [0.5, 0.6) is 0 Å². The van der Waals surface area contributed by atoms with E-state index in [9.17, 15) is 29.7 Å². The molecule has 6 atom stereocenters. The van der Waals surface area contributed by atoms with Crippen molar-refractivity contribution in [2.75, 3.05) is 54.0 Å². The maximum Gasteiger partial charge on any atom is 0.310 e. The van der Waals surface area contributed by atoms with E-state index in [1.54, 1.807) is 36.5 Å². The van der Waals surface area contributed by atoms with Crippen LogP contribution in [0.3, 0.4) is 0 Å². The smallest absolute Gasteiger partial charge is 0.310 e. The zero-order valence-electron chi connectivity index (χ0n) is 39.4. The summed E-state index contributed by atoms with van der Waals surface area (Å²) in [5, 5.41) is 32.7. The summed E-state index contributed by atoms with van der Waals surface area (Å²) in [6, 6.07) is 0.0974. The molecule has 350 valence electrons. The average Bonchev–Trinajstić information content (AvgIpc) is 3.24. The van der Waals surface area contributed by atoms with Gasteiger partial charge in [0.05, 0.1) is 37.6 Å². The number of carbonyl (C=O) groups excluding carboxylic acids is 3. The van der Waals surface area contributed by atoms with E-state index in [0.717, 1.165) is 96.7 Å². The van der Waals surface area contributed by atoms with E-state index in [-0.39, 0.29) is 50.6 Å². The molecule has 6 unspecified atom stereocenters. The van der Waals surface area contributed by atoms with Gasteiger partial charge < -0.3 is 44.2 Å². The Morgan fingerprint density at radius 3 is 1.05 bits per heavy atom. The van der Waals surface area contributed by atoms with Crippen molar-refractivity contribution in [3.63, 3.8) is 0 Å². The van der Waals surface area contributed by atoms with Crippen LogP contribution in [0.25, 0.3) is 0 Å². The van der Waals surface area contributed by atoms with Gasteiger partial charge >= 0.3 is 17.9 Å². The third-order valence-corrected chi connectivity index (χ3v) is 11.5. The molecule has 0 fully saturated rings. The monoisotopic (exact) mass is 852 g/mol. The predicted molar refractivity (Wildman–Crippen MR) is 244 cm³/mol. The van der Waals surface area contributed by atoms with Crippen LogP contribution in [-0.4, -0.2) is 144 Å². The van der Waals surface area contributed by atoms with E-state index in [2.05, 4.69) is 56.2 Å². The van der Waals surface area contributed by atoms with Gasteiger partial charge in [-0.25, -0.2) is 0 Å². The van der Waals surface area contributed by atoms with E-state index in [0.29, 0.717) is 19.3 Å². The molecule has 0 saturated heterocycles. The molecular formula is C48H89N3O9. The Hall–Kier alpha value is -2.61. The maximum absolute atomic E-state index is 12.9. The van der Waals surface area contributed by atoms with Crippen LogP contribution in [-0.2, 0) is 28.6 Å². The van der Waals surface area contributed by atoms with Gasteiger partial charge in [-0.1, -0.05) is 136 Å². The van der Waals surface area contributed by atoms with Crippen LogP contribution in [0.2, 0.25) is 0 Å². The first-order chi connectivity index (χ1) is 28.8. The summed E-state index contributed by atoms with van der Waals surface area (Å²) in [7, 11) is 6.04. The van der Waals surface area contributed by atoms with Crippen molar-refractivity contribution in [2.24, 2.45) is 0 Å². The zero-order chi connectivity index (χ0) is 45.1. The largest absolute Gasteiger partial charge is 0.461 e. The van der Waals surface area contributed by atoms with Crippen molar-refractivity contribution in [3.8, 4) is 0 Å². The summed E-state index contributed by atoms with van der Waals surface area (Å²) in [6.45, 7) is 14.6. The molecule has 0 aromatic rings. The third-order valence-electron chi connectivity index (χ3n) is 11.5. The Balaban J connectivity index is 5.45. The van der Waals surface area contributed by atoms with Gasteiger partial charge in [0, 0.05) is 18.1 Å². The van der Waals surface area contributed by atoms with E-state index in [1.807, 2.05) is 21.1 Å². The number of likely N-dealkylation sites (N-methyl/N-ethyl adjacent to an activating group) is 3. The van der Waals surface area contributed by atoms with Gasteiger partial charge in [0.15, 0.2) is 6.10 Å². The number of unbranched alkanes of at least 4 members (excludes halogenated alkanes) is 6. The van der Waals surface area contributed by atoms with Crippen molar-refractivity contribution >= 4 is 17.9 Å². The lowest BCUT2D eigenvalue weighted by atomic mass is 9.99. The molecule has 3 N–H and O–H groups in total. The number of ether oxygens (including phenoxy) is 3. The zero-order valence-corrected chi connectivity index (χ0v) is 39.4. The lowest BCUT2D eigenvalue weighted by Gasteiger charge is -2.30. The van der Waals surface area contributed by atoms with Crippen LogP contribution in [0.1, 0.15) is 157 Å². The van der Waals surface area contributed by atoms with Crippen LogP contribution < -0.4 is 0 Å². The van der Waals surface area contributed by atoms with Gasteiger partial charge in [0.1, 0.15) is 13.2 Å². The third kappa shape index (κ3) is 27.4. The first-order valence-corrected chi connectivity index (χ1v) is 23.4. The van der Waals surface area contributed by atoms with Crippen molar-refractivity contribution in [1.29, 1.82) is 0 Å². The molecule has 0 aromatic carbocycles. The maximum atomic E-state index is 12.9. The molecule has 0 aliphatic rings. The molecule has 0 saturated carbocycles. The number of nitrogens with zero attached hydrogens (tertiary/aromatic N) is 3. The van der Waals surface area contributed by atoms with Crippen molar-refractivity contribution < 1.29 is 43.9 Å². The van der Waals surface area contributed by atoms with Crippen LogP contribution >= 0.6 is 0 Å². The number of hydrogen-bond donors (Lipinski definition) is 3. The number of carbonyl (C=O) groups is 3. The van der Waals surface area contributed by atoms with Crippen LogP contribution in [0, 0.1) is 0 Å². The van der Waals surface area contributed by atoms with Crippen LogP contribution in [0.15, 0.2) is 36.5 Å². The van der Waals surface area contributed by atoms with E-state index in [1.165, 1.54) is 0 Å². The molecule has 0 aliphatic carbocycles. The highest BCUT2D eigenvalue weighted by molar-refractivity contribution is 5.73. The summed E-state index contributed by atoms with van der Waals surface area (Å²) >= 11 is 0. The first kappa shape index (κ1) is 57.4. The summed E-state index contributed by atoms with van der Waals surface area (Å²) in [6.07, 6.45) is 21.3. The average molecular weight is 852 g/mol. The fraction of sp³-hybridized carbons (Fsp3) is 0.812. The van der Waals surface area contributed by atoms with Gasteiger partial charge in [-0.2, -0.15) is 0 Å². The topological polar surface area (TPSA) is 149 Å².